The maximum atomic E-state index is 12.6. The zero-order valence-electron chi connectivity index (χ0n) is 19.4. The molecule has 0 spiro atoms. The Kier molecular flexibility index (Phi) is 10.2. The van der Waals surface area contributed by atoms with Crippen molar-refractivity contribution >= 4 is 35.8 Å². The summed E-state index contributed by atoms with van der Waals surface area (Å²) in [5.41, 5.74) is 0. The molecule has 0 aromatic rings. The maximum Gasteiger partial charge on any atom is 0.225 e. The number of rotatable bonds is 7. The van der Waals surface area contributed by atoms with Gasteiger partial charge >= 0.3 is 0 Å². The van der Waals surface area contributed by atoms with E-state index in [2.05, 4.69) is 32.3 Å². The molecule has 2 aliphatic carbocycles. The molecule has 7 nitrogen and oxygen atoms in total. The van der Waals surface area contributed by atoms with Crippen molar-refractivity contribution in [1.82, 2.24) is 25.3 Å². The molecule has 2 saturated heterocycles. The molecule has 0 aromatic heterocycles. The van der Waals surface area contributed by atoms with E-state index >= 15 is 0 Å². The summed E-state index contributed by atoms with van der Waals surface area (Å²) in [6, 6.07) is 1.43. The first-order valence-corrected chi connectivity index (χ1v) is 12.5. The van der Waals surface area contributed by atoms with Crippen LogP contribution in [0.5, 0.6) is 0 Å². The van der Waals surface area contributed by atoms with Crippen molar-refractivity contribution in [3.8, 4) is 0 Å². The molecule has 1 amide bonds. The van der Waals surface area contributed by atoms with Crippen LogP contribution in [0.25, 0.3) is 0 Å². The van der Waals surface area contributed by atoms with Gasteiger partial charge in [0.25, 0.3) is 0 Å². The summed E-state index contributed by atoms with van der Waals surface area (Å²) in [7, 11) is 0. The van der Waals surface area contributed by atoms with Crippen molar-refractivity contribution < 1.29 is 4.79 Å². The lowest BCUT2D eigenvalue weighted by molar-refractivity contribution is -0.137. The molecular weight excluding hydrogens is 503 g/mol. The number of likely N-dealkylation sites (tertiary alicyclic amines) is 1. The first kappa shape index (κ1) is 25.0. The van der Waals surface area contributed by atoms with Gasteiger partial charge in [0.2, 0.25) is 5.91 Å². The number of nitrogens with one attached hydrogen (secondary N) is 2. The molecule has 0 atom stereocenters. The van der Waals surface area contributed by atoms with Crippen molar-refractivity contribution in [3.63, 3.8) is 0 Å². The third-order valence-corrected chi connectivity index (χ3v) is 7.35. The minimum absolute atomic E-state index is 0. The van der Waals surface area contributed by atoms with E-state index in [0.29, 0.717) is 17.9 Å². The second-order valence-electron chi connectivity index (χ2n) is 9.59. The monoisotopic (exact) mass is 546 g/mol. The van der Waals surface area contributed by atoms with Crippen LogP contribution in [0.2, 0.25) is 0 Å². The van der Waals surface area contributed by atoms with Gasteiger partial charge in [0, 0.05) is 70.4 Å². The maximum absolute atomic E-state index is 12.6. The highest BCUT2D eigenvalue weighted by Crippen LogP contribution is 2.29. The van der Waals surface area contributed by atoms with Crippen LogP contribution in [-0.2, 0) is 4.79 Å². The zero-order valence-corrected chi connectivity index (χ0v) is 21.7. The Labute approximate surface area is 205 Å². The van der Waals surface area contributed by atoms with E-state index < -0.39 is 0 Å². The summed E-state index contributed by atoms with van der Waals surface area (Å²) >= 11 is 0. The van der Waals surface area contributed by atoms with Gasteiger partial charge in [-0.05, 0) is 45.4 Å². The fourth-order valence-electron chi connectivity index (χ4n) is 5.29. The number of carbonyl (C=O) groups excluding carboxylic acids is 1. The fourth-order valence-corrected chi connectivity index (χ4v) is 5.29. The highest BCUT2D eigenvalue weighted by Gasteiger charge is 2.32. The topological polar surface area (TPSA) is 63.2 Å². The third-order valence-electron chi connectivity index (χ3n) is 7.35. The van der Waals surface area contributed by atoms with Crippen LogP contribution in [0.3, 0.4) is 0 Å². The van der Waals surface area contributed by atoms with Gasteiger partial charge in [0.15, 0.2) is 5.96 Å². The van der Waals surface area contributed by atoms with Crippen molar-refractivity contribution in [3.05, 3.63) is 0 Å². The highest BCUT2D eigenvalue weighted by atomic mass is 127. The number of guanidine groups is 1. The number of halogens is 1. The molecule has 8 heteroatoms. The summed E-state index contributed by atoms with van der Waals surface area (Å²) < 4.78 is 0. The zero-order chi connectivity index (χ0) is 20.8. The molecule has 2 aliphatic heterocycles. The smallest absolute Gasteiger partial charge is 0.225 e. The summed E-state index contributed by atoms with van der Waals surface area (Å²) in [5.74, 6) is 1.69. The minimum atomic E-state index is 0. The number of piperazine rings is 1. The van der Waals surface area contributed by atoms with E-state index in [4.69, 9.17) is 4.99 Å². The average molecular weight is 547 g/mol. The van der Waals surface area contributed by atoms with Crippen LogP contribution in [0.15, 0.2) is 4.99 Å². The van der Waals surface area contributed by atoms with Gasteiger partial charge in [0.05, 0.1) is 6.54 Å². The van der Waals surface area contributed by atoms with Gasteiger partial charge < -0.3 is 20.4 Å². The molecule has 2 saturated carbocycles. The van der Waals surface area contributed by atoms with Crippen LogP contribution < -0.4 is 10.6 Å². The van der Waals surface area contributed by atoms with Crippen LogP contribution in [0, 0.1) is 5.92 Å². The molecule has 31 heavy (non-hydrogen) atoms. The molecule has 0 radical (unpaired) electrons. The molecule has 2 heterocycles. The van der Waals surface area contributed by atoms with E-state index in [1.807, 2.05) is 0 Å². The Morgan fingerprint density at radius 2 is 1.61 bits per heavy atom. The predicted octanol–water partition coefficient (Wildman–Crippen LogP) is 2.12. The number of hydrogen-bond donors (Lipinski definition) is 2. The SMILES string of the molecule is CCNC(=NCCN1CCN(C(=O)C2CCCC2)CC1)NC1CCN(C2CC2)CC1.I. The summed E-state index contributed by atoms with van der Waals surface area (Å²) in [6.45, 7) is 11.0. The van der Waals surface area contributed by atoms with E-state index in [1.165, 1.54) is 51.6 Å². The molecule has 0 aromatic carbocycles. The van der Waals surface area contributed by atoms with Crippen LogP contribution in [-0.4, -0.2) is 97.6 Å². The predicted molar refractivity (Wildman–Crippen MR) is 137 cm³/mol. The third kappa shape index (κ3) is 7.45. The number of carbonyl (C=O) groups is 1. The Bertz CT molecular complexity index is 577. The molecular formula is C23H43IN6O. The average Bonchev–Trinajstić information content (AvgIpc) is 3.48. The molecule has 178 valence electrons. The lowest BCUT2D eigenvalue weighted by Crippen LogP contribution is -2.51. The summed E-state index contributed by atoms with van der Waals surface area (Å²) in [6.07, 6.45) is 9.93. The number of amides is 1. The number of aliphatic imine (C=N–C) groups is 1. The molecule has 4 rings (SSSR count). The summed E-state index contributed by atoms with van der Waals surface area (Å²) in [4.78, 5) is 24.7. The fraction of sp³-hybridized carbons (Fsp3) is 0.913. The molecule has 4 aliphatic rings. The van der Waals surface area contributed by atoms with Crippen molar-refractivity contribution in [2.24, 2.45) is 10.9 Å². The molecule has 2 N–H and O–H groups in total. The van der Waals surface area contributed by atoms with Gasteiger partial charge in [-0.15, -0.1) is 24.0 Å². The second-order valence-corrected chi connectivity index (χ2v) is 9.59. The Balaban J connectivity index is 0.00000272. The van der Waals surface area contributed by atoms with Crippen LogP contribution in [0.4, 0.5) is 0 Å². The lowest BCUT2D eigenvalue weighted by Gasteiger charge is -2.35. The van der Waals surface area contributed by atoms with E-state index in [-0.39, 0.29) is 24.0 Å². The van der Waals surface area contributed by atoms with Gasteiger partial charge in [-0.2, -0.15) is 0 Å². The Morgan fingerprint density at radius 3 is 2.23 bits per heavy atom. The normalized spacial score (nSPS) is 24.8. The van der Waals surface area contributed by atoms with Gasteiger partial charge in [-0.1, -0.05) is 12.8 Å². The first-order chi connectivity index (χ1) is 14.7. The standard InChI is InChI=1S/C23H42N6O.HI/c1-2-24-23(26-20-9-12-28(13-10-20)21-7-8-21)25-11-14-27-15-17-29(18-16-27)22(30)19-5-3-4-6-19;/h19-21H,2-18H2,1H3,(H2,24,25,26);1H. The minimum Gasteiger partial charge on any atom is -0.357 e. The van der Waals surface area contributed by atoms with Gasteiger partial charge in [-0.25, -0.2) is 0 Å². The molecule has 4 fully saturated rings. The van der Waals surface area contributed by atoms with Crippen LogP contribution >= 0.6 is 24.0 Å². The molecule has 0 unspecified atom stereocenters. The quantitative estimate of drug-likeness (QED) is 0.291. The van der Waals surface area contributed by atoms with E-state index in [1.54, 1.807) is 0 Å². The van der Waals surface area contributed by atoms with Crippen molar-refractivity contribution in [2.75, 3.05) is 58.9 Å². The highest BCUT2D eigenvalue weighted by molar-refractivity contribution is 14.0. The number of hydrogen-bond acceptors (Lipinski definition) is 4. The Hall–Kier alpha value is -0.610. The largest absolute Gasteiger partial charge is 0.357 e. The molecule has 0 bridgehead atoms. The van der Waals surface area contributed by atoms with Crippen molar-refractivity contribution in [2.45, 2.75) is 70.4 Å². The second kappa shape index (κ2) is 12.6. The number of nitrogens with zero attached hydrogens (tertiary/aromatic N) is 4. The number of piperidine rings is 1. The van der Waals surface area contributed by atoms with Gasteiger partial charge in [0.1, 0.15) is 0 Å². The van der Waals surface area contributed by atoms with E-state index in [0.717, 1.165) is 70.7 Å². The van der Waals surface area contributed by atoms with Gasteiger partial charge in [-0.3, -0.25) is 14.7 Å². The Morgan fingerprint density at radius 1 is 0.935 bits per heavy atom. The first-order valence-electron chi connectivity index (χ1n) is 12.5. The van der Waals surface area contributed by atoms with Crippen molar-refractivity contribution in [1.29, 1.82) is 0 Å². The summed E-state index contributed by atoms with van der Waals surface area (Å²) in [5, 5.41) is 7.09. The lowest BCUT2D eigenvalue weighted by atomic mass is 10.1. The van der Waals surface area contributed by atoms with E-state index in [9.17, 15) is 4.79 Å². The van der Waals surface area contributed by atoms with Crippen LogP contribution in [0.1, 0.15) is 58.3 Å².